The van der Waals surface area contributed by atoms with E-state index in [2.05, 4.69) is 15.9 Å². The van der Waals surface area contributed by atoms with Gasteiger partial charge in [-0.15, -0.1) is 11.8 Å². The lowest BCUT2D eigenvalue weighted by atomic mass is 10.3. The first kappa shape index (κ1) is 15.9. The van der Waals surface area contributed by atoms with Crippen molar-refractivity contribution in [3.63, 3.8) is 0 Å². The topological polar surface area (TPSA) is 94.9 Å². The van der Waals surface area contributed by atoms with Gasteiger partial charge in [-0.1, -0.05) is 11.6 Å². The second-order valence-corrected chi connectivity index (χ2v) is 8.13. The third kappa shape index (κ3) is 2.77. The zero-order chi connectivity index (χ0) is 15.1. The van der Waals surface area contributed by atoms with Crippen molar-refractivity contribution in [1.29, 1.82) is 0 Å². The van der Waals surface area contributed by atoms with Crippen LogP contribution in [0.5, 0.6) is 5.75 Å². The van der Waals surface area contributed by atoms with Crippen LogP contribution in [0.4, 0.5) is 0 Å². The minimum Gasteiger partial charge on any atom is -0.505 e. The molecule has 2 rings (SSSR count). The van der Waals surface area contributed by atoms with Crippen molar-refractivity contribution >= 4 is 55.3 Å². The molecule has 0 amide bonds. The van der Waals surface area contributed by atoms with Crippen LogP contribution < -0.4 is 0 Å². The molecule has 0 saturated carbocycles. The van der Waals surface area contributed by atoms with Gasteiger partial charge in [-0.3, -0.25) is 4.79 Å². The Morgan fingerprint density at radius 3 is 2.75 bits per heavy atom. The molecule has 0 spiro atoms. The van der Waals surface area contributed by atoms with Crippen LogP contribution in [-0.4, -0.2) is 46.6 Å². The zero-order valence-corrected chi connectivity index (χ0v) is 13.8. The quantitative estimate of drug-likeness (QED) is 0.802. The lowest BCUT2D eigenvalue weighted by molar-refractivity contribution is -0.140. The number of rotatable bonds is 3. The van der Waals surface area contributed by atoms with E-state index in [0.717, 1.165) is 10.4 Å². The molecule has 2 N–H and O–H groups in total. The predicted molar refractivity (Wildman–Crippen MR) is 78.6 cm³/mol. The Bertz CT molecular complexity index is 666. The van der Waals surface area contributed by atoms with E-state index in [-0.39, 0.29) is 21.1 Å². The molecule has 1 aliphatic heterocycles. The molecule has 10 heteroatoms. The molecule has 1 heterocycles. The summed E-state index contributed by atoms with van der Waals surface area (Å²) in [6, 6.07) is 1.30. The lowest BCUT2D eigenvalue weighted by Crippen LogP contribution is -2.41. The van der Waals surface area contributed by atoms with Gasteiger partial charge in [0.05, 0.1) is 10.3 Å². The molecule has 1 atom stereocenters. The molecule has 1 aliphatic rings. The zero-order valence-electron chi connectivity index (χ0n) is 9.79. The molecule has 1 aromatic rings. The normalized spacial score (nSPS) is 20.2. The molecule has 0 unspecified atom stereocenters. The summed E-state index contributed by atoms with van der Waals surface area (Å²) in [5.41, 5.74) is 0. The first-order valence-corrected chi connectivity index (χ1v) is 9.02. The molecule has 1 saturated heterocycles. The molecule has 0 bridgehead atoms. The summed E-state index contributed by atoms with van der Waals surface area (Å²) in [6.07, 6.45) is 0. The number of phenols is 1. The van der Waals surface area contributed by atoms with Crippen LogP contribution in [0.3, 0.4) is 0 Å². The number of carboxylic acids is 1. The van der Waals surface area contributed by atoms with Gasteiger partial charge in [-0.05, 0) is 28.1 Å². The number of aromatic hydroxyl groups is 1. The number of phenolic OH excluding ortho intramolecular Hbond substituents is 1. The van der Waals surface area contributed by atoms with E-state index in [4.69, 9.17) is 16.7 Å². The molecule has 110 valence electrons. The number of sulfonamides is 1. The van der Waals surface area contributed by atoms with Crippen molar-refractivity contribution in [2.75, 3.05) is 11.6 Å². The minimum absolute atomic E-state index is 0.0167. The summed E-state index contributed by atoms with van der Waals surface area (Å²) in [5.74, 6) is -1.53. The van der Waals surface area contributed by atoms with Crippen LogP contribution in [-0.2, 0) is 14.8 Å². The van der Waals surface area contributed by atoms with E-state index in [9.17, 15) is 18.3 Å². The van der Waals surface area contributed by atoms with Crippen LogP contribution in [0.2, 0.25) is 5.02 Å². The van der Waals surface area contributed by atoms with Gasteiger partial charge in [-0.2, -0.15) is 4.31 Å². The molecule has 1 aromatic carbocycles. The van der Waals surface area contributed by atoms with Crippen molar-refractivity contribution in [3.8, 4) is 5.75 Å². The van der Waals surface area contributed by atoms with E-state index in [1.54, 1.807) is 0 Å². The van der Waals surface area contributed by atoms with Crippen LogP contribution in [0.1, 0.15) is 0 Å². The van der Waals surface area contributed by atoms with E-state index in [1.165, 1.54) is 17.8 Å². The highest BCUT2D eigenvalue weighted by molar-refractivity contribution is 9.10. The van der Waals surface area contributed by atoms with E-state index >= 15 is 0 Å². The van der Waals surface area contributed by atoms with Gasteiger partial charge in [-0.25, -0.2) is 8.42 Å². The van der Waals surface area contributed by atoms with Gasteiger partial charge in [0, 0.05) is 10.8 Å². The van der Waals surface area contributed by atoms with Crippen molar-refractivity contribution in [2.24, 2.45) is 0 Å². The van der Waals surface area contributed by atoms with Crippen molar-refractivity contribution in [2.45, 2.75) is 10.9 Å². The molecule has 6 nitrogen and oxygen atoms in total. The average Bonchev–Trinajstić information content (AvgIpc) is 2.83. The van der Waals surface area contributed by atoms with Gasteiger partial charge in [0.1, 0.15) is 16.7 Å². The maximum absolute atomic E-state index is 12.5. The third-order valence-corrected chi connectivity index (χ3v) is 6.57. The molecular weight excluding hydrogens is 394 g/mol. The third-order valence-electron chi connectivity index (χ3n) is 2.71. The fourth-order valence-corrected chi connectivity index (χ4v) is 6.00. The number of halogens is 2. The first-order valence-electron chi connectivity index (χ1n) is 5.25. The molecular formula is C10H9BrClNO5S2. The summed E-state index contributed by atoms with van der Waals surface area (Å²) in [4.78, 5) is 10.7. The maximum Gasteiger partial charge on any atom is 0.322 e. The Balaban J connectivity index is 2.53. The van der Waals surface area contributed by atoms with Gasteiger partial charge in [0.2, 0.25) is 10.0 Å². The fourth-order valence-electron chi connectivity index (χ4n) is 1.72. The average molecular weight is 403 g/mol. The molecule has 20 heavy (non-hydrogen) atoms. The smallest absolute Gasteiger partial charge is 0.322 e. The number of nitrogens with zero attached hydrogens (tertiary/aromatic N) is 1. The van der Waals surface area contributed by atoms with Gasteiger partial charge in [0.15, 0.2) is 0 Å². The number of hydrogen-bond donors (Lipinski definition) is 2. The maximum atomic E-state index is 12.5. The Morgan fingerprint density at radius 2 is 2.15 bits per heavy atom. The second kappa shape index (κ2) is 5.72. The van der Waals surface area contributed by atoms with Crippen molar-refractivity contribution in [3.05, 3.63) is 21.6 Å². The van der Waals surface area contributed by atoms with Crippen LogP contribution >= 0.6 is 39.3 Å². The molecule has 0 aliphatic carbocycles. The number of thioether (sulfide) groups is 1. The summed E-state index contributed by atoms with van der Waals surface area (Å²) in [5, 5.41) is 19.0. The van der Waals surface area contributed by atoms with E-state index in [0.29, 0.717) is 0 Å². The Kier molecular flexibility index (Phi) is 4.55. The molecule has 0 aromatic heterocycles. The highest BCUT2D eigenvalue weighted by Gasteiger charge is 2.41. The molecule has 1 fully saturated rings. The summed E-state index contributed by atoms with van der Waals surface area (Å²) < 4.78 is 25.9. The minimum atomic E-state index is -4.14. The van der Waals surface area contributed by atoms with E-state index in [1.807, 2.05) is 0 Å². The number of hydrogen-bond acceptors (Lipinski definition) is 5. The van der Waals surface area contributed by atoms with Crippen LogP contribution in [0, 0.1) is 0 Å². The summed E-state index contributed by atoms with van der Waals surface area (Å²) in [7, 11) is -4.14. The van der Waals surface area contributed by atoms with Gasteiger partial charge >= 0.3 is 5.97 Å². The second-order valence-electron chi connectivity index (χ2n) is 3.98. The SMILES string of the molecule is O=C(O)[C@H]1CSCN1S(=O)(=O)c1cc(Cl)cc(Br)c1O. The number of benzene rings is 1. The Hall–Kier alpha value is -0.480. The highest BCUT2D eigenvalue weighted by Crippen LogP contribution is 2.38. The summed E-state index contributed by atoms with van der Waals surface area (Å²) >= 11 is 9.99. The van der Waals surface area contributed by atoms with Crippen LogP contribution in [0.25, 0.3) is 0 Å². The Labute approximate surface area is 132 Å². The lowest BCUT2D eigenvalue weighted by Gasteiger charge is -2.21. The van der Waals surface area contributed by atoms with Gasteiger partial charge < -0.3 is 10.2 Å². The van der Waals surface area contributed by atoms with E-state index < -0.39 is 32.7 Å². The summed E-state index contributed by atoms with van der Waals surface area (Å²) in [6.45, 7) is 0. The van der Waals surface area contributed by atoms with Crippen molar-refractivity contribution < 1.29 is 23.4 Å². The predicted octanol–water partition coefficient (Wildman–Crippen LogP) is 1.96. The van der Waals surface area contributed by atoms with Crippen LogP contribution in [0.15, 0.2) is 21.5 Å². The largest absolute Gasteiger partial charge is 0.505 e. The standard InChI is InChI=1S/C10H9BrClNO5S2/c11-6-1-5(12)2-8(9(6)14)20(17,18)13-4-19-3-7(13)10(15)16/h1-2,7,14H,3-4H2,(H,15,16)/t7-/m1/s1. The number of carboxylic acid groups (broad SMARTS) is 1. The first-order chi connectivity index (χ1) is 9.25. The highest BCUT2D eigenvalue weighted by atomic mass is 79.9. The number of aliphatic carboxylic acids is 1. The molecule has 0 radical (unpaired) electrons. The van der Waals surface area contributed by atoms with Gasteiger partial charge in [0.25, 0.3) is 0 Å². The monoisotopic (exact) mass is 401 g/mol. The number of carbonyl (C=O) groups is 1. The Morgan fingerprint density at radius 1 is 1.50 bits per heavy atom. The van der Waals surface area contributed by atoms with Crippen molar-refractivity contribution in [1.82, 2.24) is 4.31 Å². The fraction of sp³-hybridized carbons (Fsp3) is 0.300.